The van der Waals surface area contributed by atoms with E-state index in [1.165, 1.54) is 26.4 Å². The Balaban J connectivity index is 2.10. The zero-order valence-corrected chi connectivity index (χ0v) is 11.4. The van der Waals surface area contributed by atoms with Crippen LogP contribution in [0, 0.1) is 5.82 Å². The Kier molecular flexibility index (Phi) is 4.84. The molecule has 0 amide bonds. The van der Waals surface area contributed by atoms with Crippen LogP contribution in [-0.2, 0) is 6.54 Å². The number of hydrogen-bond acceptors (Lipinski definition) is 2. The number of hydrogen-bond donors (Lipinski definition) is 0. The van der Waals surface area contributed by atoms with Gasteiger partial charge in [-0.25, -0.2) is 4.39 Å². The van der Waals surface area contributed by atoms with Crippen LogP contribution in [0.15, 0.2) is 18.2 Å². The van der Waals surface area contributed by atoms with Crippen molar-refractivity contribution in [3.63, 3.8) is 0 Å². The second-order valence-corrected chi connectivity index (χ2v) is 5.06. The molecule has 2 nitrogen and oxygen atoms in total. The van der Waals surface area contributed by atoms with Crippen LogP contribution in [0.1, 0.15) is 24.8 Å². The third-order valence-electron chi connectivity index (χ3n) is 3.60. The summed E-state index contributed by atoms with van der Waals surface area (Å²) in [5.74, 6) is 0.646. The highest BCUT2D eigenvalue weighted by Crippen LogP contribution is 2.28. The lowest BCUT2D eigenvalue weighted by Crippen LogP contribution is -2.40. The molecule has 0 radical (unpaired) electrons. The average Bonchev–Trinajstić information content (AvgIpc) is 2.30. The highest BCUT2D eigenvalue weighted by Gasteiger charge is 2.25. The van der Waals surface area contributed by atoms with Crippen molar-refractivity contribution < 1.29 is 9.13 Å². The van der Waals surface area contributed by atoms with Crippen molar-refractivity contribution in [2.24, 2.45) is 0 Å². The van der Waals surface area contributed by atoms with E-state index in [4.69, 9.17) is 16.3 Å². The predicted octanol–water partition coefficient (Wildman–Crippen LogP) is 3.43. The quantitative estimate of drug-likeness (QED) is 0.735. The van der Waals surface area contributed by atoms with Gasteiger partial charge in [-0.1, -0.05) is 18.6 Å². The number of halogens is 2. The molecule has 0 heterocycles. The summed E-state index contributed by atoms with van der Waals surface area (Å²) in [6.07, 6.45) is 3.66. The molecule has 4 heteroatoms. The van der Waals surface area contributed by atoms with Gasteiger partial charge in [0.15, 0.2) is 11.6 Å². The van der Waals surface area contributed by atoms with Crippen LogP contribution in [0.4, 0.5) is 4.39 Å². The zero-order chi connectivity index (χ0) is 13.0. The highest BCUT2D eigenvalue weighted by molar-refractivity contribution is 6.18. The van der Waals surface area contributed by atoms with Gasteiger partial charge in [-0.05, 0) is 18.9 Å². The lowest BCUT2D eigenvalue weighted by molar-refractivity contribution is 0.126. The monoisotopic (exact) mass is 271 g/mol. The van der Waals surface area contributed by atoms with E-state index in [2.05, 4.69) is 4.90 Å². The molecule has 0 aromatic heterocycles. The van der Waals surface area contributed by atoms with Gasteiger partial charge in [0, 0.05) is 30.6 Å². The normalized spacial score (nSPS) is 15.8. The molecule has 1 fully saturated rings. The third-order valence-corrected chi connectivity index (χ3v) is 3.77. The van der Waals surface area contributed by atoms with Crippen LogP contribution in [0.3, 0.4) is 0 Å². The molecule has 1 aromatic carbocycles. The minimum absolute atomic E-state index is 0.251. The average molecular weight is 272 g/mol. The van der Waals surface area contributed by atoms with Crippen LogP contribution in [-0.4, -0.2) is 30.5 Å². The Hall–Kier alpha value is -0.800. The Bertz CT molecular complexity index is 395. The van der Waals surface area contributed by atoms with Crippen LogP contribution >= 0.6 is 11.6 Å². The summed E-state index contributed by atoms with van der Waals surface area (Å²) in [4.78, 5) is 2.27. The smallest absolute Gasteiger partial charge is 0.169 e. The molecule has 2 rings (SSSR count). The molecular weight excluding hydrogens is 253 g/mol. The molecule has 0 N–H and O–H groups in total. The van der Waals surface area contributed by atoms with E-state index >= 15 is 0 Å². The maximum Gasteiger partial charge on any atom is 0.169 e. The van der Waals surface area contributed by atoms with Gasteiger partial charge in [-0.3, -0.25) is 4.90 Å². The summed E-state index contributed by atoms with van der Waals surface area (Å²) >= 11 is 5.83. The van der Waals surface area contributed by atoms with Gasteiger partial charge >= 0.3 is 0 Å². The number of nitrogens with zero attached hydrogens (tertiary/aromatic N) is 1. The first-order chi connectivity index (χ1) is 8.76. The Labute approximate surface area is 113 Å². The molecular formula is C14H19ClFNO. The summed E-state index contributed by atoms with van der Waals surface area (Å²) in [6, 6.07) is 5.86. The highest BCUT2D eigenvalue weighted by atomic mass is 35.5. The second-order valence-electron chi connectivity index (χ2n) is 4.68. The van der Waals surface area contributed by atoms with Gasteiger partial charge in [0.25, 0.3) is 0 Å². The molecule has 0 unspecified atom stereocenters. The fourth-order valence-electron chi connectivity index (χ4n) is 2.31. The Morgan fingerprint density at radius 3 is 2.78 bits per heavy atom. The van der Waals surface area contributed by atoms with E-state index in [9.17, 15) is 4.39 Å². The maximum absolute atomic E-state index is 14.1. The Morgan fingerprint density at radius 1 is 1.44 bits per heavy atom. The lowest BCUT2D eigenvalue weighted by atomic mass is 9.91. The van der Waals surface area contributed by atoms with Crippen molar-refractivity contribution in [1.82, 2.24) is 4.90 Å². The standard InChI is InChI=1S/C14H19ClFNO/c1-18-13-7-2-4-11(14(13)16)10-17(9-8-15)12-5-3-6-12/h2,4,7,12H,3,5-6,8-10H2,1H3. The summed E-state index contributed by atoms with van der Waals surface area (Å²) < 4.78 is 19.1. The second kappa shape index (κ2) is 6.39. The summed E-state index contributed by atoms with van der Waals surface area (Å²) in [7, 11) is 1.49. The van der Waals surface area contributed by atoms with Crippen molar-refractivity contribution in [3.8, 4) is 5.75 Å². The van der Waals surface area contributed by atoms with Crippen molar-refractivity contribution in [2.45, 2.75) is 31.8 Å². The van der Waals surface area contributed by atoms with E-state index in [1.807, 2.05) is 12.1 Å². The van der Waals surface area contributed by atoms with Crippen molar-refractivity contribution >= 4 is 11.6 Å². The molecule has 18 heavy (non-hydrogen) atoms. The van der Waals surface area contributed by atoms with E-state index in [0.717, 1.165) is 6.54 Å². The molecule has 0 aliphatic heterocycles. The lowest BCUT2D eigenvalue weighted by Gasteiger charge is -2.37. The largest absolute Gasteiger partial charge is 0.494 e. The molecule has 1 aliphatic carbocycles. The third kappa shape index (κ3) is 2.96. The van der Waals surface area contributed by atoms with Crippen LogP contribution < -0.4 is 4.74 Å². The van der Waals surface area contributed by atoms with Gasteiger partial charge in [0.1, 0.15) is 0 Å². The minimum atomic E-state index is -0.251. The molecule has 1 saturated carbocycles. The number of benzene rings is 1. The molecule has 1 aromatic rings. The maximum atomic E-state index is 14.1. The van der Waals surface area contributed by atoms with Gasteiger partial charge in [-0.15, -0.1) is 11.6 Å². The first kappa shape index (κ1) is 13.6. The molecule has 100 valence electrons. The van der Waals surface area contributed by atoms with E-state index in [0.29, 0.717) is 29.8 Å². The van der Waals surface area contributed by atoms with E-state index in [1.54, 1.807) is 6.07 Å². The van der Waals surface area contributed by atoms with Gasteiger partial charge < -0.3 is 4.74 Å². The molecule has 0 bridgehead atoms. The fourth-order valence-corrected chi connectivity index (χ4v) is 2.52. The number of methoxy groups -OCH3 is 1. The predicted molar refractivity (Wildman–Crippen MR) is 71.7 cm³/mol. The van der Waals surface area contributed by atoms with Crippen molar-refractivity contribution in [3.05, 3.63) is 29.6 Å². The van der Waals surface area contributed by atoms with Gasteiger partial charge in [-0.2, -0.15) is 0 Å². The molecule has 0 spiro atoms. The van der Waals surface area contributed by atoms with Gasteiger partial charge in [0.05, 0.1) is 7.11 Å². The number of rotatable bonds is 6. The molecule has 1 aliphatic rings. The topological polar surface area (TPSA) is 12.5 Å². The first-order valence-electron chi connectivity index (χ1n) is 6.37. The Morgan fingerprint density at radius 2 is 2.22 bits per heavy atom. The van der Waals surface area contributed by atoms with Crippen molar-refractivity contribution in [1.29, 1.82) is 0 Å². The van der Waals surface area contributed by atoms with Gasteiger partial charge in [0.2, 0.25) is 0 Å². The number of alkyl halides is 1. The number of ether oxygens (including phenoxy) is 1. The zero-order valence-electron chi connectivity index (χ0n) is 10.7. The van der Waals surface area contributed by atoms with E-state index in [-0.39, 0.29) is 5.82 Å². The van der Waals surface area contributed by atoms with E-state index < -0.39 is 0 Å². The summed E-state index contributed by atoms with van der Waals surface area (Å²) in [6.45, 7) is 1.42. The van der Waals surface area contributed by atoms with Crippen LogP contribution in [0.25, 0.3) is 0 Å². The van der Waals surface area contributed by atoms with Crippen molar-refractivity contribution in [2.75, 3.05) is 19.5 Å². The molecule has 0 saturated heterocycles. The summed E-state index contributed by atoms with van der Waals surface area (Å²) in [5.41, 5.74) is 0.686. The van der Waals surface area contributed by atoms with Crippen LogP contribution in [0.2, 0.25) is 0 Å². The fraction of sp³-hybridized carbons (Fsp3) is 0.571. The first-order valence-corrected chi connectivity index (χ1v) is 6.91. The SMILES string of the molecule is COc1cccc(CN(CCCl)C2CCC2)c1F. The summed E-state index contributed by atoms with van der Waals surface area (Å²) in [5, 5.41) is 0. The minimum Gasteiger partial charge on any atom is -0.494 e. The molecule has 0 atom stereocenters. The van der Waals surface area contributed by atoms with Crippen LogP contribution in [0.5, 0.6) is 5.75 Å².